The second kappa shape index (κ2) is 7.40. The zero-order valence-electron chi connectivity index (χ0n) is 12.8. The van der Waals surface area contributed by atoms with E-state index >= 15 is 0 Å². The molecular weight excluding hydrogens is 286 g/mol. The normalized spacial score (nSPS) is 11.8. The lowest BCUT2D eigenvalue weighted by Crippen LogP contribution is -2.33. The summed E-state index contributed by atoms with van der Waals surface area (Å²) in [6.45, 7) is 0.527. The van der Waals surface area contributed by atoms with E-state index in [1.165, 1.54) is 0 Å². The molecule has 0 radical (unpaired) electrons. The van der Waals surface area contributed by atoms with Crippen molar-refractivity contribution in [2.75, 3.05) is 0 Å². The number of amides is 1. The molecule has 0 spiro atoms. The Labute approximate surface area is 135 Å². The van der Waals surface area contributed by atoms with Crippen LogP contribution in [0.15, 0.2) is 79.4 Å². The summed E-state index contributed by atoms with van der Waals surface area (Å²) in [5.74, 6) is -0.00398. The third-order valence-electron chi connectivity index (χ3n) is 3.77. The SMILES string of the molecule is O=C(NCc1ccccc1)[C@H](Cc1ccccc1)n1ccnc1. The van der Waals surface area contributed by atoms with Crippen molar-refractivity contribution in [2.45, 2.75) is 19.0 Å². The fourth-order valence-electron chi connectivity index (χ4n) is 2.53. The Balaban J connectivity index is 1.71. The lowest BCUT2D eigenvalue weighted by molar-refractivity contribution is -0.124. The van der Waals surface area contributed by atoms with Crippen LogP contribution in [0.4, 0.5) is 0 Å². The zero-order valence-corrected chi connectivity index (χ0v) is 12.8. The van der Waals surface area contributed by atoms with Crippen molar-refractivity contribution in [1.29, 1.82) is 0 Å². The highest BCUT2D eigenvalue weighted by atomic mass is 16.2. The molecule has 2 aromatic carbocycles. The average molecular weight is 305 g/mol. The van der Waals surface area contributed by atoms with Crippen LogP contribution in [0.5, 0.6) is 0 Å². The van der Waals surface area contributed by atoms with Gasteiger partial charge in [-0.2, -0.15) is 0 Å². The second-order valence-corrected chi connectivity index (χ2v) is 5.42. The molecule has 0 fully saturated rings. The molecule has 116 valence electrons. The summed E-state index contributed by atoms with van der Waals surface area (Å²) >= 11 is 0. The molecule has 3 aromatic rings. The smallest absolute Gasteiger partial charge is 0.243 e. The quantitative estimate of drug-likeness (QED) is 0.761. The van der Waals surface area contributed by atoms with Crippen molar-refractivity contribution < 1.29 is 4.79 Å². The first-order chi connectivity index (χ1) is 11.3. The van der Waals surface area contributed by atoms with E-state index in [2.05, 4.69) is 10.3 Å². The summed E-state index contributed by atoms with van der Waals surface area (Å²) in [5, 5.41) is 3.02. The number of nitrogens with one attached hydrogen (secondary N) is 1. The van der Waals surface area contributed by atoms with Crippen LogP contribution in [0.2, 0.25) is 0 Å². The van der Waals surface area contributed by atoms with E-state index in [9.17, 15) is 4.79 Å². The van der Waals surface area contributed by atoms with Crippen LogP contribution in [0.25, 0.3) is 0 Å². The summed E-state index contributed by atoms with van der Waals surface area (Å²) in [4.78, 5) is 16.7. The first-order valence-corrected chi connectivity index (χ1v) is 7.66. The summed E-state index contributed by atoms with van der Waals surface area (Å²) in [5.41, 5.74) is 2.21. The number of hydrogen-bond donors (Lipinski definition) is 1. The maximum Gasteiger partial charge on any atom is 0.243 e. The van der Waals surface area contributed by atoms with Crippen molar-refractivity contribution in [2.24, 2.45) is 0 Å². The van der Waals surface area contributed by atoms with E-state index in [0.29, 0.717) is 13.0 Å². The van der Waals surface area contributed by atoms with Gasteiger partial charge in [-0.15, -0.1) is 0 Å². The van der Waals surface area contributed by atoms with Crippen LogP contribution in [0.3, 0.4) is 0 Å². The van der Waals surface area contributed by atoms with Crippen molar-refractivity contribution in [3.8, 4) is 0 Å². The highest BCUT2D eigenvalue weighted by molar-refractivity contribution is 5.80. The Bertz CT molecular complexity index is 724. The molecule has 1 aromatic heterocycles. The van der Waals surface area contributed by atoms with Gasteiger partial charge in [-0.05, 0) is 11.1 Å². The Morgan fingerprint density at radius 3 is 2.26 bits per heavy atom. The largest absolute Gasteiger partial charge is 0.350 e. The molecular formula is C19H19N3O. The zero-order chi connectivity index (χ0) is 15.9. The first-order valence-electron chi connectivity index (χ1n) is 7.66. The van der Waals surface area contributed by atoms with E-state index in [0.717, 1.165) is 11.1 Å². The minimum atomic E-state index is -0.302. The third-order valence-corrected chi connectivity index (χ3v) is 3.77. The Hall–Kier alpha value is -2.88. The standard InChI is InChI=1S/C19H19N3O/c23-19(21-14-17-9-5-2-6-10-17)18(22-12-11-20-15-22)13-16-7-3-1-4-8-16/h1-12,15,18H,13-14H2,(H,21,23)/t18-/m0/s1. The maximum atomic E-state index is 12.7. The van der Waals surface area contributed by atoms with Crippen LogP contribution >= 0.6 is 0 Å². The average Bonchev–Trinajstić information content (AvgIpc) is 3.14. The highest BCUT2D eigenvalue weighted by Crippen LogP contribution is 2.15. The number of benzene rings is 2. The Morgan fingerprint density at radius 2 is 1.65 bits per heavy atom. The summed E-state index contributed by atoms with van der Waals surface area (Å²) in [6, 6.07) is 19.6. The van der Waals surface area contributed by atoms with E-state index in [1.807, 2.05) is 71.4 Å². The molecule has 0 saturated carbocycles. The molecule has 1 atom stereocenters. The van der Waals surface area contributed by atoms with Crippen LogP contribution in [0, 0.1) is 0 Å². The van der Waals surface area contributed by atoms with Gasteiger partial charge in [-0.1, -0.05) is 60.7 Å². The minimum Gasteiger partial charge on any atom is -0.350 e. The summed E-state index contributed by atoms with van der Waals surface area (Å²) < 4.78 is 1.85. The van der Waals surface area contributed by atoms with Gasteiger partial charge in [0, 0.05) is 25.4 Å². The van der Waals surface area contributed by atoms with Gasteiger partial charge in [0.2, 0.25) is 5.91 Å². The molecule has 1 N–H and O–H groups in total. The monoisotopic (exact) mass is 305 g/mol. The van der Waals surface area contributed by atoms with Gasteiger partial charge in [-0.3, -0.25) is 4.79 Å². The molecule has 0 aliphatic rings. The molecule has 0 aliphatic carbocycles. The second-order valence-electron chi connectivity index (χ2n) is 5.42. The fourth-order valence-corrected chi connectivity index (χ4v) is 2.53. The van der Waals surface area contributed by atoms with Gasteiger partial charge < -0.3 is 9.88 Å². The van der Waals surface area contributed by atoms with Gasteiger partial charge in [0.25, 0.3) is 0 Å². The summed E-state index contributed by atoms with van der Waals surface area (Å²) in [6.07, 6.45) is 5.85. The fraction of sp³-hybridized carbons (Fsp3) is 0.158. The predicted octanol–water partition coefficient (Wildman–Crippen LogP) is 2.98. The topological polar surface area (TPSA) is 46.9 Å². The maximum absolute atomic E-state index is 12.7. The third kappa shape index (κ3) is 4.07. The Kier molecular flexibility index (Phi) is 4.84. The number of hydrogen-bond acceptors (Lipinski definition) is 2. The van der Waals surface area contributed by atoms with Crippen molar-refractivity contribution in [1.82, 2.24) is 14.9 Å². The van der Waals surface area contributed by atoms with Gasteiger partial charge in [0.1, 0.15) is 6.04 Å². The van der Waals surface area contributed by atoms with E-state index in [4.69, 9.17) is 0 Å². The van der Waals surface area contributed by atoms with Crippen molar-refractivity contribution in [3.05, 3.63) is 90.5 Å². The number of nitrogens with zero attached hydrogens (tertiary/aromatic N) is 2. The van der Waals surface area contributed by atoms with Gasteiger partial charge in [-0.25, -0.2) is 4.98 Å². The van der Waals surface area contributed by atoms with Crippen molar-refractivity contribution >= 4 is 5.91 Å². The van der Waals surface area contributed by atoms with Gasteiger partial charge in [0.15, 0.2) is 0 Å². The molecule has 0 bridgehead atoms. The molecule has 4 heteroatoms. The molecule has 1 amide bonds. The Morgan fingerprint density at radius 1 is 1.00 bits per heavy atom. The van der Waals surface area contributed by atoms with Gasteiger partial charge in [0.05, 0.1) is 6.33 Å². The van der Waals surface area contributed by atoms with E-state index in [1.54, 1.807) is 12.5 Å². The van der Waals surface area contributed by atoms with Crippen LogP contribution < -0.4 is 5.32 Å². The molecule has 1 heterocycles. The summed E-state index contributed by atoms with van der Waals surface area (Å²) in [7, 11) is 0. The van der Waals surface area contributed by atoms with E-state index in [-0.39, 0.29) is 11.9 Å². The lowest BCUT2D eigenvalue weighted by atomic mass is 10.0. The molecule has 4 nitrogen and oxygen atoms in total. The number of carbonyl (C=O) groups is 1. The van der Waals surface area contributed by atoms with Crippen LogP contribution in [-0.4, -0.2) is 15.5 Å². The number of rotatable bonds is 6. The predicted molar refractivity (Wildman–Crippen MR) is 89.7 cm³/mol. The van der Waals surface area contributed by atoms with Crippen molar-refractivity contribution in [3.63, 3.8) is 0 Å². The van der Waals surface area contributed by atoms with Crippen LogP contribution in [-0.2, 0) is 17.8 Å². The van der Waals surface area contributed by atoms with Gasteiger partial charge >= 0.3 is 0 Å². The lowest BCUT2D eigenvalue weighted by Gasteiger charge is -2.18. The molecule has 0 aliphatic heterocycles. The number of carbonyl (C=O) groups excluding carboxylic acids is 1. The number of imidazole rings is 1. The molecule has 23 heavy (non-hydrogen) atoms. The van der Waals surface area contributed by atoms with E-state index < -0.39 is 0 Å². The molecule has 3 rings (SSSR count). The molecule has 0 unspecified atom stereocenters. The molecule has 0 saturated heterocycles. The first kappa shape index (κ1) is 15.0. The minimum absolute atomic E-state index is 0.00398. The number of aromatic nitrogens is 2. The van der Waals surface area contributed by atoms with Crippen LogP contribution in [0.1, 0.15) is 17.2 Å². The highest BCUT2D eigenvalue weighted by Gasteiger charge is 2.20.